The number of rotatable bonds is 2. The Morgan fingerprint density at radius 1 is 1.62 bits per heavy atom. The maximum absolute atomic E-state index is 11.2. The molecule has 0 spiro atoms. The fourth-order valence-electron chi connectivity index (χ4n) is 1.59. The van der Waals surface area contributed by atoms with Crippen LogP contribution in [0.25, 0.3) is 0 Å². The van der Waals surface area contributed by atoms with Crippen molar-refractivity contribution in [3.8, 4) is 0 Å². The first-order valence-electron chi connectivity index (χ1n) is 4.80. The van der Waals surface area contributed by atoms with Gasteiger partial charge in [0, 0.05) is 12.6 Å². The van der Waals surface area contributed by atoms with Crippen molar-refractivity contribution in [2.24, 2.45) is 5.73 Å². The highest BCUT2D eigenvalue weighted by atomic mass is 35.5. The van der Waals surface area contributed by atoms with Crippen molar-refractivity contribution >= 4 is 23.3 Å². The Hall–Kier alpha value is -1.40. The summed E-state index contributed by atoms with van der Waals surface area (Å²) in [5.74, 6) is 0.154. The van der Waals surface area contributed by atoms with E-state index in [0.717, 1.165) is 0 Å². The van der Waals surface area contributed by atoms with Crippen LogP contribution in [0, 0.1) is 0 Å². The first-order valence-corrected chi connectivity index (χ1v) is 5.17. The van der Waals surface area contributed by atoms with Crippen molar-refractivity contribution in [2.45, 2.75) is 6.04 Å². The SMILES string of the molecule is NC(=O)C1COCCN1c1cc(Cl)ncn1. The Bertz CT molecular complexity index is 401. The maximum Gasteiger partial charge on any atom is 0.242 e. The molecule has 1 aliphatic heterocycles. The lowest BCUT2D eigenvalue weighted by atomic mass is 10.2. The molecule has 86 valence electrons. The molecule has 1 aliphatic rings. The fourth-order valence-corrected chi connectivity index (χ4v) is 1.74. The highest BCUT2D eigenvalue weighted by Crippen LogP contribution is 2.18. The van der Waals surface area contributed by atoms with Crippen LogP contribution in [0.15, 0.2) is 12.4 Å². The minimum Gasteiger partial charge on any atom is -0.377 e. The van der Waals surface area contributed by atoms with E-state index in [4.69, 9.17) is 22.1 Å². The number of amides is 1. The molecule has 1 amide bonds. The minimum atomic E-state index is -0.500. The molecule has 2 N–H and O–H groups in total. The van der Waals surface area contributed by atoms with E-state index in [2.05, 4.69) is 9.97 Å². The zero-order chi connectivity index (χ0) is 11.5. The molecule has 16 heavy (non-hydrogen) atoms. The van der Waals surface area contributed by atoms with Gasteiger partial charge >= 0.3 is 0 Å². The molecular formula is C9H11ClN4O2. The topological polar surface area (TPSA) is 81.3 Å². The molecular weight excluding hydrogens is 232 g/mol. The number of halogens is 1. The van der Waals surface area contributed by atoms with Crippen LogP contribution in [-0.2, 0) is 9.53 Å². The van der Waals surface area contributed by atoms with E-state index < -0.39 is 11.9 Å². The van der Waals surface area contributed by atoms with Gasteiger partial charge in [0.25, 0.3) is 0 Å². The van der Waals surface area contributed by atoms with Gasteiger partial charge in [-0.15, -0.1) is 0 Å². The van der Waals surface area contributed by atoms with E-state index in [-0.39, 0.29) is 6.61 Å². The lowest BCUT2D eigenvalue weighted by molar-refractivity contribution is -0.121. The molecule has 0 saturated carbocycles. The van der Waals surface area contributed by atoms with Gasteiger partial charge in [-0.2, -0.15) is 0 Å². The number of carbonyl (C=O) groups excluding carboxylic acids is 1. The van der Waals surface area contributed by atoms with Crippen molar-refractivity contribution < 1.29 is 9.53 Å². The Kier molecular flexibility index (Phi) is 3.21. The second-order valence-electron chi connectivity index (χ2n) is 3.39. The summed E-state index contributed by atoms with van der Waals surface area (Å²) in [6.45, 7) is 1.36. The number of primary amides is 1. The van der Waals surface area contributed by atoms with Gasteiger partial charge < -0.3 is 15.4 Å². The van der Waals surface area contributed by atoms with Crippen molar-refractivity contribution in [3.05, 3.63) is 17.5 Å². The van der Waals surface area contributed by atoms with Crippen LogP contribution >= 0.6 is 11.6 Å². The molecule has 2 rings (SSSR count). The predicted octanol–water partition coefficient (Wildman–Crippen LogP) is -0.180. The number of carbonyl (C=O) groups is 1. The van der Waals surface area contributed by atoms with Gasteiger partial charge in [-0.25, -0.2) is 9.97 Å². The molecule has 1 saturated heterocycles. The Morgan fingerprint density at radius 2 is 2.44 bits per heavy atom. The lowest BCUT2D eigenvalue weighted by Crippen LogP contribution is -2.53. The first-order chi connectivity index (χ1) is 7.68. The van der Waals surface area contributed by atoms with Crippen molar-refractivity contribution in [3.63, 3.8) is 0 Å². The number of hydrogen-bond donors (Lipinski definition) is 1. The smallest absolute Gasteiger partial charge is 0.242 e. The molecule has 1 unspecified atom stereocenters. The number of aromatic nitrogens is 2. The molecule has 1 aromatic rings. The van der Waals surface area contributed by atoms with Crippen molar-refractivity contribution in [1.82, 2.24) is 9.97 Å². The standard InChI is InChI=1S/C9H11ClN4O2/c10-7-3-8(13-5-12-7)14-1-2-16-4-6(14)9(11)15/h3,5-6H,1-2,4H2,(H2,11,15). The van der Waals surface area contributed by atoms with Gasteiger partial charge in [-0.1, -0.05) is 11.6 Å². The molecule has 7 heteroatoms. The molecule has 2 heterocycles. The van der Waals surface area contributed by atoms with E-state index >= 15 is 0 Å². The fraction of sp³-hybridized carbons (Fsp3) is 0.444. The van der Waals surface area contributed by atoms with E-state index in [1.807, 2.05) is 0 Å². The summed E-state index contributed by atoms with van der Waals surface area (Å²) in [5.41, 5.74) is 5.30. The molecule has 1 atom stereocenters. The van der Waals surface area contributed by atoms with Crippen LogP contribution < -0.4 is 10.6 Å². The van der Waals surface area contributed by atoms with Gasteiger partial charge in [0.1, 0.15) is 23.3 Å². The van der Waals surface area contributed by atoms with Gasteiger partial charge in [0.15, 0.2) is 0 Å². The lowest BCUT2D eigenvalue weighted by Gasteiger charge is -2.34. The monoisotopic (exact) mass is 242 g/mol. The molecule has 0 aromatic carbocycles. The second kappa shape index (κ2) is 4.63. The summed E-state index contributed by atoms with van der Waals surface area (Å²) in [6, 6.07) is 1.10. The summed E-state index contributed by atoms with van der Waals surface area (Å²) in [7, 11) is 0. The first kappa shape index (κ1) is 11.1. The number of ether oxygens (including phenoxy) is 1. The number of anilines is 1. The number of hydrogen-bond acceptors (Lipinski definition) is 5. The Labute approximate surface area is 97.4 Å². The van der Waals surface area contributed by atoms with E-state index in [1.54, 1.807) is 11.0 Å². The van der Waals surface area contributed by atoms with Crippen LogP contribution in [-0.4, -0.2) is 41.7 Å². The van der Waals surface area contributed by atoms with Crippen molar-refractivity contribution in [2.75, 3.05) is 24.7 Å². The summed E-state index contributed by atoms with van der Waals surface area (Å²) in [5, 5.41) is 0.333. The summed E-state index contributed by atoms with van der Waals surface area (Å²) in [4.78, 5) is 20.9. The van der Waals surface area contributed by atoms with Crippen LogP contribution in [0.3, 0.4) is 0 Å². The number of nitrogens with two attached hydrogens (primary N) is 1. The molecule has 0 aliphatic carbocycles. The third-order valence-corrected chi connectivity index (χ3v) is 2.58. The van der Waals surface area contributed by atoms with Gasteiger partial charge in [-0.05, 0) is 0 Å². The summed E-state index contributed by atoms with van der Waals surface area (Å²) >= 11 is 5.77. The average molecular weight is 243 g/mol. The molecule has 0 bridgehead atoms. The van der Waals surface area contributed by atoms with E-state index in [1.165, 1.54) is 6.33 Å². The Morgan fingerprint density at radius 3 is 3.12 bits per heavy atom. The summed E-state index contributed by atoms with van der Waals surface area (Å²) < 4.78 is 5.21. The van der Waals surface area contributed by atoms with Crippen LogP contribution in [0.4, 0.5) is 5.82 Å². The minimum absolute atomic E-state index is 0.275. The van der Waals surface area contributed by atoms with Crippen LogP contribution in [0.2, 0.25) is 5.15 Å². The maximum atomic E-state index is 11.2. The average Bonchev–Trinajstić information content (AvgIpc) is 2.29. The number of nitrogens with zero attached hydrogens (tertiary/aromatic N) is 3. The zero-order valence-electron chi connectivity index (χ0n) is 8.47. The Balaban J connectivity index is 2.26. The van der Waals surface area contributed by atoms with E-state index in [9.17, 15) is 4.79 Å². The zero-order valence-corrected chi connectivity index (χ0v) is 9.22. The third-order valence-electron chi connectivity index (χ3n) is 2.37. The predicted molar refractivity (Wildman–Crippen MR) is 58.2 cm³/mol. The molecule has 1 fully saturated rings. The van der Waals surface area contributed by atoms with Crippen LogP contribution in [0.5, 0.6) is 0 Å². The normalized spacial score (nSPS) is 20.8. The highest BCUT2D eigenvalue weighted by molar-refractivity contribution is 6.29. The number of morpholine rings is 1. The van der Waals surface area contributed by atoms with Crippen LogP contribution in [0.1, 0.15) is 0 Å². The largest absolute Gasteiger partial charge is 0.377 e. The second-order valence-corrected chi connectivity index (χ2v) is 3.77. The quantitative estimate of drug-likeness (QED) is 0.728. The van der Waals surface area contributed by atoms with Gasteiger partial charge in [0.05, 0.1) is 13.2 Å². The molecule has 1 aromatic heterocycles. The summed E-state index contributed by atoms with van der Waals surface area (Å²) in [6.07, 6.45) is 1.35. The van der Waals surface area contributed by atoms with Gasteiger partial charge in [0.2, 0.25) is 5.91 Å². The third kappa shape index (κ3) is 2.23. The molecule has 0 radical (unpaired) electrons. The van der Waals surface area contributed by atoms with Crippen molar-refractivity contribution in [1.29, 1.82) is 0 Å². The van der Waals surface area contributed by atoms with Gasteiger partial charge in [-0.3, -0.25) is 4.79 Å². The van der Waals surface area contributed by atoms with E-state index in [0.29, 0.717) is 24.1 Å². The highest BCUT2D eigenvalue weighted by Gasteiger charge is 2.28. The molecule has 6 nitrogen and oxygen atoms in total.